The van der Waals surface area contributed by atoms with Crippen LogP contribution < -0.4 is 5.32 Å². The van der Waals surface area contributed by atoms with Gasteiger partial charge in [-0.15, -0.1) is 11.3 Å². The fourth-order valence-corrected chi connectivity index (χ4v) is 3.92. The van der Waals surface area contributed by atoms with E-state index in [4.69, 9.17) is 16.3 Å². The molecule has 1 N–H and O–H groups in total. The number of halogens is 1. The molecule has 0 unspecified atom stereocenters. The Morgan fingerprint density at radius 1 is 1.24 bits per heavy atom. The zero-order chi connectivity index (χ0) is 17.6. The number of pyridine rings is 1. The Morgan fingerprint density at radius 3 is 2.88 bits per heavy atom. The molecule has 128 valence electrons. The lowest BCUT2D eigenvalue weighted by Crippen LogP contribution is -2.21. The first-order valence-corrected chi connectivity index (χ1v) is 9.34. The van der Waals surface area contributed by atoms with Crippen molar-refractivity contribution >= 4 is 62.5 Å². The molecule has 6 nitrogen and oxygen atoms in total. The van der Waals surface area contributed by atoms with Gasteiger partial charge in [-0.3, -0.25) is 9.59 Å². The number of para-hydroxylation sites is 1. The number of nitrogens with zero attached hydrogens (tertiary/aromatic N) is 2. The van der Waals surface area contributed by atoms with E-state index in [1.54, 1.807) is 12.1 Å². The first kappa shape index (κ1) is 17.7. The number of rotatable bonds is 6. The molecule has 0 fully saturated rings. The maximum Gasteiger partial charge on any atom is 0.316 e. The zero-order valence-electron chi connectivity index (χ0n) is 12.8. The fraction of sp³-hybridized carbons (Fsp3) is 0.125. The number of anilines is 1. The number of thiazole rings is 1. The number of carbonyl (C=O) groups is 2. The van der Waals surface area contributed by atoms with Crippen LogP contribution in [-0.4, -0.2) is 34.2 Å². The van der Waals surface area contributed by atoms with Gasteiger partial charge >= 0.3 is 5.97 Å². The summed E-state index contributed by atoms with van der Waals surface area (Å²) in [7, 11) is 0. The third-order valence-corrected chi connectivity index (χ3v) is 5.44. The molecule has 2 aromatic heterocycles. The smallest absolute Gasteiger partial charge is 0.316 e. The average molecular weight is 394 g/mol. The number of hydrogen-bond donors (Lipinski definition) is 1. The summed E-state index contributed by atoms with van der Waals surface area (Å²) < 4.78 is 6.80. The van der Waals surface area contributed by atoms with E-state index in [1.807, 2.05) is 24.3 Å². The van der Waals surface area contributed by atoms with Crippen molar-refractivity contribution in [2.75, 3.05) is 17.7 Å². The first-order chi connectivity index (χ1) is 12.1. The standard InChI is InChI=1S/C16H12ClN3O3S2/c17-15-11(5-3-7-18-15)19-13(21)8-23-14(22)9-24-16-20-10-4-1-2-6-12(10)25-16/h1-7H,8-9H2,(H,19,21). The number of thioether (sulfide) groups is 1. The van der Waals surface area contributed by atoms with Crippen molar-refractivity contribution in [3.8, 4) is 0 Å². The van der Waals surface area contributed by atoms with E-state index in [0.717, 1.165) is 14.6 Å². The quantitative estimate of drug-likeness (QED) is 0.391. The minimum atomic E-state index is -0.489. The molecular formula is C16H12ClN3O3S2. The highest BCUT2D eigenvalue weighted by molar-refractivity contribution is 8.01. The Morgan fingerprint density at radius 2 is 2.08 bits per heavy atom. The minimum absolute atomic E-state index is 0.0841. The van der Waals surface area contributed by atoms with Crippen LogP contribution in [0.25, 0.3) is 10.2 Å². The van der Waals surface area contributed by atoms with Crippen LogP contribution in [0.1, 0.15) is 0 Å². The van der Waals surface area contributed by atoms with Crippen LogP contribution in [0.5, 0.6) is 0 Å². The molecule has 0 aliphatic rings. The van der Waals surface area contributed by atoms with Crippen LogP contribution >= 0.6 is 34.7 Å². The first-order valence-electron chi connectivity index (χ1n) is 7.16. The van der Waals surface area contributed by atoms with Gasteiger partial charge in [0.2, 0.25) is 0 Å². The monoisotopic (exact) mass is 393 g/mol. The predicted octanol–water partition coefficient (Wildman–Crippen LogP) is 3.62. The fourth-order valence-electron chi connectivity index (χ4n) is 1.89. The molecule has 0 aliphatic heterocycles. The number of amides is 1. The van der Waals surface area contributed by atoms with Gasteiger partial charge in [0.15, 0.2) is 16.1 Å². The largest absolute Gasteiger partial charge is 0.455 e. The molecule has 0 spiro atoms. The van der Waals surface area contributed by atoms with Crippen molar-refractivity contribution in [1.29, 1.82) is 0 Å². The predicted molar refractivity (Wildman–Crippen MR) is 99.2 cm³/mol. The number of aromatic nitrogens is 2. The Labute approximate surface area is 156 Å². The molecule has 0 bridgehead atoms. The number of fused-ring (bicyclic) bond motifs is 1. The van der Waals surface area contributed by atoms with Gasteiger partial charge in [-0.25, -0.2) is 9.97 Å². The van der Waals surface area contributed by atoms with Crippen LogP contribution in [0.3, 0.4) is 0 Å². The summed E-state index contributed by atoms with van der Waals surface area (Å²) in [6.45, 7) is -0.384. The topological polar surface area (TPSA) is 81.2 Å². The van der Waals surface area contributed by atoms with Gasteiger partial charge in [0, 0.05) is 6.20 Å². The highest BCUT2D eigenvalue weighted by atomic mass is 35.5. The maximum atomic E-state index is 11.8. The van der Waals surface area contributed by atoms with Crippen LogP contribution in [0.2, 0.25) is 5.15 Å². The Bertz CT molecular complexity index is 883. The van der Waals surface area contributed by atoms with Crippen molar-refractivity contribution in [2.24, 2.45) is 0 Å². The van der Waals surface area contributed by atoms with Crippen molar-refractivity contribution in [2.45, 2.75) is 4.34 Å². The molecular weight excluding hydrogens is 382 g/mol. The number of esters is 1. The van der Waals surface area contributed by atoms with Gasteiger partial charge in [-0.2, -0.15) is 0 Å². The highest BCUT2D eigenvalue weighted by Crippen LogP contribution is 2.29. The van der Waals surface area contributed by atoms with E-state index in [-0.39, 0.29) is 17.5 Å². The average Bonchev–Trinajstić information content (AvgIpc) is 3.03. The summed E-state index contributed by atoms with van der Waals surface area (Å²) >= 11 is 8.63. The second-order valence-electron chi connectivity index (χ2n) is 4.79. The van der Waals surface area contributed by atoms with Crippen LogP contribution in [0.15, 0.2) is 46.9 Å². The molecule has 0 saturated carbocycles. The van der Waals surface area contributed by atoms with E-state index < -0.39 is 11.9 Å². The van der Waals surface area contributed by atoms with Crippen LogP contribution in [0, 0.1) is 0 Å². The van der Waals surface area contributed by atoms with Gasteiger partial charge in [0.1, 0.15) is 0 Å². The molecule has 0 radical (unpaired) electrons. The molecule has 0 aliphatic carbocycles. The summed E-state index contributed by atoms with van der Waals surface area (Å²) in [5.41, 5.74) is 1.27. The highest BCUT2D eigenvalue weighted by Gasteiger charge is 2.12. The zero-order valence-corrected chi connectivity index (χ0v) is 15.2. The van der Waals surface area contributed by atoms with Gasteiger partial charge in [0.05, 0.1) is 21.7 Å². The lowest BCUT2D eigenvalue weighted by molar-refractivity contribution is -0.144. The molecule has 2 heterocycles. The number of nitrogens with one attached hydrogen (secondary N) is 1. The number of carbonyl (C=O) groups excluding carboxylic acids is 2. The lowest BCUT2D eigenvalue weighted by atomic mass is 10.3. The number of benzene rings is 1. The summed E-state index contributed by atoms with van der Waals surface area (Å²) in [6.07, 6.45) is 1.51. The summed E-state index contributed by atoms with van der Waals surface area (Å²) in [5.74, 6) is -0.884. The van der Waals surface area contributed by atoms with Crippen LogP contribution in [-0.2, 0) is 14.3 Å². The molecule has 0 atom stereocenters. The molecule has 0 saturated heterocycles. The van der Waals surface area contributed by atoms with E-state index in [0.29, 0.717) is 5.69 Å². The molecule has 25 heavy (non-hydrogen) atoms. The van der Waals surface area contributed by atoms with E-state index >= 15 is 0 Å². The van der Waals surface area contributed by atoms with Crippen molar-refractivity contribution in [1.82, 2.24) is 9.97 Å². The van der Waals surface area contributed by atoms with Gasteiger partial charge in [0.25, 0.3) is 5.91 Å². The maximum absolute atomic E-state index is 11.8. The van der Waals surface area contributed by atoms with Gasteiger partial charge in [-0.1, -0.05) is 35.5 Å². The molecule has 1 aromatic carbocycles. The number of ether oxygens (including phenoxy) is 1. The molecule has 3 aromatic rings. The molecule has 9 heteroatoms. The SMILES string of the molecule is O=C(COC(=O)CSc1nc2ccccc2s1)Nc1cccnc1Cl. The third-order valence-electron chi connectivity index (χ3n) is 2.99. The lowest BCUT2D eigenvalue weighted by Gasteiger charge is -2.06. The van der Waals surface area contributed by atoms with Crippen molar-refractivity contribution in [3.63, 3.8) is 0 Å². The summed E-state index contributed by atoms with van der Waals surface area (Å²) in [6, 6.07) is 11.0. The second kappa shape index (κ2) is 8.28. The molecule has 3 rings (SSSR count). The summed E-state index contributed by atoms with van der Waals surface area (Å²) in [5, 5.41) is 2.70. The van der Waals surface area contributed by atoms with E-state index in [9.17, 15) is 9.59 Å². The Balaban J connectivity index is 1.44. The normalized spacial score (nSPS) is 10.6. The van der Waals surface area contributed by atoms with E-state index in [1.165, 1.54) is 29.3 Å². The van der Waals surface area contributed by atoms with Gasteiger partial charge < -0.3 is 10.1 Å². The Hall–Kier alpha value is -2.16. The Kier molecular flexibility index (Phi) is 5.85. The second-order valence-corrected chi connectivity index (χ2v) is 7.40. The number of hydrogen-bond acceptors (Lipinski definition) is 7. The molecule has 1 amide bonds. The van der Waals surface area contributed by atoms with Gasteiger partial charge in [-0.05, 0) is 24.3 Å². The van der Waals surface area contributed by atoms with Crippen molar-refractivity contribution < 1.29 is 14.3 Å². The van der Waals surface area contributed by atoms with Crippen molar-refractivity contribution in [3.05, 3.63) is 47.7 Å². The van der Waals surface area contributed by atoms with Crippen LogP contribution in [0.4, 0.5) is 5.69 Å². The minimum Gasteiger partial charge on any atom is -0.455 e. The summed E-state index contributed by atoms with van der Waals surface area (Å²) in [4.78, 5) is 31.8. The van der Waals surface area contributed by atoms with E-state index in [2.05, 4.69) is 15.3 Å². The third kappa shape index (κ3) is 4.91.